The summed E-state index contributed by atoms with van der Waals surface area (Å²) in [6.07, 6.45) is 0. The molecule has 0 bridgehead atoms. The summed E-state index contributed by atoms with van der Waals surface area (Å²) in [6.45, 7) is -0.241. The van der Waals surface area contributed by atoms with Crippen molar-refractivity contribution in [2.45, 2.75) is 0 Å². The summed E-state index contributed by atoms with van der Waals surface area (Å²) in [4.78, 5) is 0. The average molecular weight is 91.2 g/mol. The quantitative estimate of drug-likeness (QED) is 0.402. The number of hydrogen-bond acceptors (Lipinski definition) is 3. The van der Waals surface area contributed by atoms with Crippen molar-refractivity contribution in [1.29, 1.82) is 0 Å². The van der Waals surface area contributed by atoms with Gasteiger partial charge in [-0.25, -0.2) is 4.72 Å². The van der Waals surface area contributed by atoms with E-state index in [-0.39, 0.29) is 6.64 Å². The van der Waals surface area contributed by atoms with Crippen molar-refractivity contribution >= 4 is 11.9 Å². The maximum atomic E-state index is 6.89. The highest BCUT2D eigenvalue weighted by Gasteiger charge is 1.91. The van der Waals surface area contributed by atoms with Crippen LogP contribution in [0.25, 0.3) is 0 Å². The van der Waals surface area contributed by atoms with E-state index < -0.39 is 0 Å². The molecule has 1 aliphatic rings. The molecule has 0 aliphatic carbocycles. The summed E-state index contributed by atoms with van der Waals surface area (Å²) >= 11 is 1.53. The van der Waals surface area contributed by atoms with Gasteiger partial charge in [0, 0.05) is 0 Å². The van der Waals surface area contributed by atoms with E-state index in [2.05, 4.69) is 10.0 Å². The fourth-order valence-corrected chi connectivity index (χ4v) is 0.625. The molecule has 0 radical (unpaired) electrons. The molecular weight excluding hydrogens is 84.1 g/mol. The first kappa shape index (κ1) is 2.44. The molecule has 30 valence electrons. The first-order chi connectivity index (χ1) is 2.89. The van der Waals surface area contributed by atoms with Gasteiger partial charge in [0.05, 0.1) is 13.9 Å². The van der Waals surface area contributed by atoms with Crippen LogP contribution in [-0.2, 0) is 0 Å². The molecule has 1 aliphatic heterocycles. The van der Waals surface area contributed by atoms with Crippen LogP contribution in [0.1, 0.15) is 1.37 Å². The first-order valence-corrected chi connectivity index (χ1v) is 2.41. The van der Waals surface area contributed by atoms with Gasteiger partial charge < -0.3 is 0 Å². The highest BCUT2D eigenvalue weighted by Crippen LogP contribution is 1.90. The summed E-state index contributed by atoms with van der Waals surface area (Å²) in [5, 5.41) is 2.84. The lowest BCUT2D eigenvalue weighted by atomic mass is 11.1. The molecule has 0 saturated carbocycles. The van der Waals surface area contributed by atoms with Crippen LogP contribution in [0.3, 0.4) is 0 Å². The van der Waals surface area contributed by atoms with Crippen LogP contribution in [0.5, 0.6) is 0 Å². The van der Waals surface area contributed by atoms with E-state index in [0.717, 1.165) is 5.88 Å². The smallest absolute Gasteiger partial charge is 0.0606 e. The fourth-order valence-electron chi connectivity index (χ4n) is 0.208. The van der Waals surface area contributed by atoms with Crippen LogP contribution in [0.4, 0.5) is 0 Å². The Hall–Kier alpha value is 0.270. The lowest BCUT2D eigenvalue weighted by Crippen LogP contribution is -2.10. The maximum absolute atomic E-state index is 6.89. The molecule has 1 fully saturated rings. The number of nitrogens with one attached hydrogen (secondary N) is 2. The predicted octanol–water partition coefficient (Wildman–Crippen LogP) is -0.258. The Morgan fingerprint density at radius 2 is 3.00 bits per heavy atom. The van der Waals surface area contributed by atoms with E-state index in [4.69, 9.17) is 1.37 Å². The highest BCUT2D eigenvalue weighted by atomic mass is 32.2. The summed E-state index contributed by atoms with van der Waals surface area (Å²) in [7, 11) is 0. The lowest BCUT2D eigenvalue weighted by Gasteiger charge is -1.75. The van der Waals surface area contributed by atoms with Gasteiger partial charge in [0.15, 0.2) is 0 Å². The van der Waals surface area contributed by atoms with E-state index in [1.165, 1.54) is 11.9 Å². The Labute approximate surface area is 36.9 Å². The average Bonchev–Trinajstić information content (AvgIpc) is 1.86. The Balaban J connectivity index is 2.18. The normalized spacial score (nSPS) is 41.6. The molecule has 1 heterocycles. The Kier molecular flexibility index (Phi) is 0.804. The molecule has 5 heavy (non-hydrogen) atoms. The Bertz CT molecular complexity index is 44.8. The second-order valence-corrected chi connectivity index (χ2v) is 1.57. The van der Waals surface area contributed by atoms with Crippen LogP contribution < -0.4 is 10.0 Å². The monoisotopic (exact) mass is 91.0 g/mol. The van der Waals surface area contributed by atoms with E-state index in [1.807, 2.05) is 0 Å². The van der Waals surface area contributed by atoms with Crippen LogP contribution in [0.15, 0.2) is 0 Å². The second-order valence-electron chi connectivity index (χ2n) is 0.755. The van der Waals surface area contributed by atoms with E-state index in [1.54, 1.807) is 0 Å². The molecule has 0 aromatic carbocycles. The van der Waals surface area contributed by atoms with Crippen molar-refractivity contribution in [2.24, 2.45) is 0 Å². The maximum Gasteiger partial charge on any atom is 0.0606 e. The summed E-state index contributed by atoms with van der Waals surface area (Å²) in [6, 6.07) is 0. The second kappa shape index (κ2) is 1.64. The van der Waals surface area contributed by atoms with Crippen molar-refractivity contribution in [2.75, 3.05) is 12.5 Å². The van der Waals surface area contributed by atoms with Gasteiger partial charge in [-0.3, -0.25) is 5.32 Å². The fraction of sp³-hybridized carbons (Fsp3) is 1.00. The Morgan fingerprint density at radius 3 is 3.20 bits per heavy atom. The van der Waals surface area contributed by atoms with Crippen LogP contribution in [0.2, 0.25) is 0 Å². The largest absolute Gasteiger partial charge is 0.294 e. The molecule has 0 aromatic rings. The minimum atomic E-state index is -0.241. The van der Waals surface area contributed by atoms with Gasteiger partial charge in [-0.05, 0) is 0 Å². The van der Waals surface area contributed by atoms with Crippen LogP contribution in [-0.4, -0.2) is 12.5 Å². The van der Waals surface area contributed by atoms with Crippen molar-refractivity contribution in [1.82, 2.24) is 10.0 Å². The zero-order valence-electron chi connectivity index (χ0n) is 3.69. The summed E-state index contributed by atoms with van der Waals surface area (Å²) < 4.78 is 9.68. The van der Waals surface area contributed by atoms with Crippen molar-refractivity contribution < 1.29 is 1.37 Å². The SMILES string of the molecule is [2H]C1NCSN1. The van der Waals surface area contributed by atoms with Gasteiger partial charge in [-0.1, -0.05) is 11.9 Å². The molecular formula is C2H6N2S. The molecule has 0 amide bonds. The van der Waals surface area contributed by atoms with Crippen molar-refractivity contribution in [3.8, 4) is 0 Å². The standard InChI is InChI=1S/C2H6N2S/c1-3-2-5-4-1/h3-4H,1-2H2/i1D. The molecule has 0 spiro atoms. The molecule has 3 heteroatoms. The highest BCUT2D eigenvalue weighted by molar-refractivity contribution is 7.97. The van der Waals surface area contributed by atoms with E-state index >= 15 is 0 Å². The van der Waals surface area contributed by atoms with Gasteiger partial charge in [0.2, 0.25) is 0 Å². The van der Waals surface area contributed by atoms with Gasteiger partial charge in [-0.15, -0.1) is 0 Å². The molecule has 1 saturated heterocycles. The van der Waals surface area contributed by atoms with Crippen LogP contribution >= 0.6 is 11.9 Å². The molecule has 1 unspecified atom stereocenters. The number of rotatable bonds is 0. The first-order valence-electron chi connectivity index (χ1n) is 2.00. The van der Waals surface area contributed by atoms with Crippen molar-refractivity contribution in [3.63, 3.8) is 0 Å². The molecule has 2 N–H and O–H groups in total. The van der Waals surface area contributed by atoms with E-state index in [0.29, 0.717) is 0 Å². The third-order valence-corrected chi connectivity index (χ3v) is 0.995. The minimum Gasteiger partial charge on any atom is -0.294 e. The predicted molar refractivity (Wildman–Crippen MR) is 23.6 cm³/mol. The minimum absolute atomic E-state index is 0.241. The van der Waals surface area contributed by atoms with Gasteiger partial charge in [0.25, 0.3) is 0 Å². The van der Waals surface area contributed by atoms with Gasteiger partial charge in [-0.2, -0.15) is 0 Å². The van der Waals surface area contributed by atoms with Gasteiger partial charge >= 0.3 is 0 Å². The molecule has 2 nitrogen and oxygen atoms in total. The zero-order valence-corrected chi connectivity index (χ0v) is 3.51. The third kappa shape index (κ3) is 0.792. The van der Waals surface area contributed by atoms with E-state index in [9.17, 15) is 0 Å². The Morgan fingerprint density at radius 1 is 2.00 bits per heavy atom. The molecule has 0 aromatic heterocycles. The lowest BCUT2D eigenvalue weighted by molar-refractivity contribution is 0.819. The molecule has 1 rings (SSSR count). The summed E-state index contributed by atoms with van der Waals surface area (Å²) in [5.41, 5.74) is 0. The third-order valence-electron chi connectivity index (χ3n) is 0.400. The summed E-state index contributed by atoms with van der Waals surface area (Å²) in [5.74, 6) is 0.855. The van der Waals surface area contributed by atoms with Crippen LogP contribution in [0, 0.1) is 0 Å². The topological polar surface area (TPSA) is 24.1 Å². The number of hydrogen-bond donors (Lipinski definition) is 2. The zero-order chi connectivity index (χ0) is 4.41. The van der Waals surface area contributed by atoms with Gasteiger partial charge in [0.1, 0.15) is 0 Å². The molecule has 1 atom stereocenters. The van der Waals surface area contributed by atoms with Crippen molar-refractivity contribution in [3.05, 3.63) is 0 Å².